The minimum atomic E-state index is -0.194. The second-order valence-corrected chi connectivity index (χ2v) is 4.66. The highest BCUT2D eigenvalue weighted by Crippen LogP contribution is 2.13. The van der Waals surface area contributed by atoms with E-state index in [1.54, 1.807) is 6.33 Å². The van der Waals surface area contributed by atoms with Crippen LogP contribution in [0, 0.1) is 0 Å². The number of nitrogens with zero attached hydrogens (tertiary/aromatic N) is 3. The molecule has 0 radical (unpaired) electrons. The van der Waals surface area contributed by atoms with Crippen molar-refractivity contribution in [1.29, 1.82) is 0 Å². The highest BCUT2D eigenvalue weighted by atomic mass is 16.2. The summed E-state index contributed by atoms with van der Waals surface area (Å²) in [4.78, 5) is 18.4. The summed E-state index contributed by atoms with van der Waals surface area (Å²) < 4.78 is 1.96. The van der Waals surface area contributed by atoms with Crippen LogP contribution in [0.4, 0.5) is 0 Å². The fourth-order valence-electron chi connectivity index (χ4n) is 2.13. The largest absolute Gasteiger partial charge is 0.341 e. The monoisotopic (exact) mass is 266 g/mol. The Morgan fingerprint density at radius 3 is 2.68 bits per heavy atom. The van der Waals surface area contributed by atoms with Crippen LogP contribution in [0.2, 0.25) is 0 Å². The Morgan fingerprint density at radius 2 is 2.11 bits per heavy atom. The number of amides is 1. The molecule has 0 fully saturated rings. The van der Waals surface area contributed by atoms with Gasteiger partial charge in [0.05, 0.1) is 12.0 Å². The molecule has 0 spiro atoms. The van der Waals surface area contributed by atoms with E-state index < -0.39 is 0 Å². The highest BCUT2D eigenvalue weighted by Gasteiger charge is 2.21. The van der Waals surface area contributed by atoms with Crippen LogP contribution in [0.15, 0.2) is 12.5 Å². The molecule has 0 aliphatic heterocycles. The van der Waals surface area contributed by atoms with Gasteiger partial charge in [0, 0.05) is 25.8 Å². The van der Waals surface area contributed by atoms with E-state index in [9.17, 15) is 4.79 Å². The SMILES string of the molecule is CCCNCc1cncn1C(C)C(=O)N(CC)CC. The van der Waals surface area contributed by atoms with E-state index in [1.807, 2.05) is 36.4 Å². The molecular weight excluding hydrogens is 240 g/mol. The van der Waals surface area contributed by atoms with Gasteiger partial charge in [-0.1, -0.05) is 6.92 Å². The molecule has 1 N–H and O–H groups in total. The maximum absolute atomic E-state index is 12.3. The first-order valence-electron chi connectivity index (χ1n) is 7.15. The number of likely N-dealkylation sites (N-methyl/N-ethyl adjacent to an activating group) is 1. The summed E-state index contributed by atoms with van der Waals surface area (Å²) in [6.45, 7) is 11.3. The van der Waals surface area contributed by atoms with Gasteiger partial charge in [-0.3, -0.25) is 4.79 Å². The summed E-state index contributed by atoms with van der Waals surface area (Å²) in [6.07, 6.45) is 4.67. The third kappa shape index (κ3) is 4.06. The molecule has 108 valence electrons. The molecule has 1 aromatic heterocycles. The molecule has 0 bridgehead atoms. The van der Waals surface area contributed by atoms with Gasteiger partial charge in [-0.2, -0.15) is 0 Å². The predicted octanol–water partition coefficient (Wildman–Crippen LogP) is 1.81. The number of hydrogen-bond acceptors (Lipinski definition) is 3. The molecular formula is C14H26N4O. The van der Waals surface area contributed by atoms with Crippen molar-refractivity contribution in [2.45, 2.75) is 46.7 Å². The lowest BCUT2D eigenvalue weighted by atomic mass is 10.2. The van der Waals surface area contributed by atoms with Crippen LogP contribution in [-0.4, -0.2) is 40.0 Å². The molecule has 19 heavy (non-hydrogen) atoms. The molecule has 1 amide bonds. The van der Waals surface area contributed by atoms with E-state index in [0.29, 0.717) is 0 Å². The van der Waals surface area contributed by atoms with Gasteiger partial charge in [0.2, 0.25) is 5.91 Å². The van der Waals surface area contributed by atoms with Crippen molar-refractivity contribution in [2.24, 2.45) is 0 Å². The lowest BCUT2D eigenvalue weighted by Gasteiger charge is -2.24. The third-order valence-electron chi connectivity index (χ3n) is 3.33. The summed E-state index contributed by atoms with van der Waals surface area (Å²) in [5.74, 6) is 0.153. The molecule has 0 saturated carbocycles. The van der Waals surface area contributed by atoms with Gasteiger partial charge in [0.25, 0.3) is 0 Å². The van der Waals surface area contributed by atoms with Crippen LogP contribution in [-0.2, 0) is 11.3 Å². The van der Waals surface area contributed by atoms with E-state index >= 15 is 0 Å². The highest BCUT2D eigenvalue weighted by molar-refractivity contribution is 5.80. The third-order valence-corrected chi connectivity index (χ3v) is 3.33. The minimum Gasteiger partial charge on any atom is -0.341 e. The molecule has 0 aliphatic carbocycles. The first kappa shape index (κ1) is 15.7. The van der Waals surface area contributed by atoms with Crippen LogP contribution in [0.5, 0.6) is 0 Å². The maximum atomic E-state index is 12.3. The zero-order valence-electron chi connectivity index (χ0n) is 12.5. The second kappa shape index (κ2) is 7.94. The number of rotatable bonds is 8. The second-order valence-electron chi connectivity index (χ2n) is 4.66. The number of nitrogens with one attached hydrogen (secondary N) is 1. The zero-order chi connectivity index (χ0) is 14.3. The number of aromatic nitrogens is 2. The first-order chi connectivity index (χ1) is 9.15. The fourth-order valence-corrected chi connectivity index (χ4v) is 2.13. The Morgan fingerprint density at radius 1 is 1.42 bits per heavy atom. The fraction of sp³-hybridized carbons (Fsp3) is 0.714. The van der Waals surface area contributed by atoms with Gasteiger partial charge in [-0.25, -0.2) is 4.98 Å². The zero-order valence-corrected chi connectivity index (χ0v) is 12.5. The molecule has 5 nitrogen and oxygen atoms in total. The van der Waals surface area contributed by atoms with Gasteiger partial charge in [-0.05, 0) is 33.7 Å². The van der Waals surface area contributed by atoms with Crippen molar-refractivity contribution in [3.63, 3.8) is 0 Å². The predicted molar refractivity (Wildman–Crippen MR) is 76.9 cm³/mol. The summed E-state index contributed by atoms with van der Waals surface area (Å²) in [6, 6.07) is -0.194. The van der Waals surface area contributed by atoms with Gasteiger partial charge < -0.3 is 14.8 Å². The first-order valence-corrected chi connectivity index (χ1v) is 7.15. The van der Waals surface area contributed by atoms with E-state index in [2.05, 4.69) is 17.2 Å². The quantitative estimate of drug-likeness (QED) is 0.730. The van der Waals surface area contributed by atoms with Crippen LogP contribution in [0.1, 0.15) is 45.9 Å². The van der Waals surface area contributed by atoms with Crippen molar-refractivity contribution in [3.05, 3.63) is 18.2 Å². The smallest absolute Gasteiger partial charge is 0.245 e. The molecule has 0 aliphatic rings. The van der Waals surface area contributed by atoms with E-state index in [-0.39, 0.29) is 11.9 Å². The Labute approximate surface area is 116 Å². The minimum absolute atomic E-state index is 0.153. The molecule has 1 heterocycles. The number of hydrogen-bond donors (Lipinski definition) is 1. The Bertz CT molecular complexity index is 385. The topological polar surface area (TPSA) is 50.2 Å². The molecule has 0 saturated heterocycles. The van der Waals surface area contributed by atoms with Crippen molar-refractivity contribution in [1.82, 2.24) is 19.8 Å². The molecule has 1 aromatic rings. The van der Waals surface area contributed by atoms with Crippen molar-refractivity contribution in [2.75, 3.05) is 19.6 Å². The Hall–Kier alpha value is -1.36. The van der Waals surface area contributed by atoms with Crippen molar-refractivity contribution in [3.8, 4) is 0 Å². The van der Waals surface area contributed by atoms with Crippen LogP contribution in [0.25, 0.3) is 0 Å². The van der Waals surface area contributed by atoms with Crippen molar-refractivity contribution >= 4 is 5.91 Å². The number of carbonyl (C=O) groups is 1. The van der Waals surface area contributed by atoms with Gasteiger partial charge in [-0.15, -0.1) is 0 Å². The molecule has 1 atom stereocenters. The lowest BCUT2D eigenvalue weighted by molar-refractivity contribution is -0.133. The normalized spacial score (nSPS) is 12.4. The summed E-state index contributed by atoms with van der Waals surface area (Å²) in [5.41, 5.74) is 1.06. The van der Waals surface area contributed by atoms with E-state index in [1.165, 1.54) is 0 Å². The van der Waals surface area contributed by atoms with Crippen molar-refractivity contribution < 1.29 is 4.79 Å². The van der Waals surface area contributed by atoms with Crippen LogP contribution in [0.3, 0.4) is 0 Å². The summed E-state index contributed by atoms with van der Waals surface area (Å²) in [7, 11) is 0. The molecule has 1 rings (SSSR count). The Balaban J connectivity index is 2.73. The lowest BCUT2D eigenvalue weighted by Crippen LogP contribution is -2.36. The van der Waals surface area contributed by atoms with Gasteiger partial charge >= 0.3 is 0 Å². The number of carbonyl (C=O) groups excluding carboxylic acids is 1. The summed E-state index contributed by atoms with van der Waals surface area (Å²) in [5, 5.41) is 3.34. The van der Waals surface area contributed by atoms with Gasteiger partial charge in [0.15, 0.2) is 0 Å². The van der Waals surface area contributed by atoms with E-state index in [4.69, 9.17) is 0 Å². The van der Waals surface area contributed by atoms with Crippen LogP contribution < -0.4 is 5.32 Å². The molecule has 1 unspecified atom stereocenters. The van der Waals surface area contributed by atoms with Gasteiger partial charge in [0.1, 0.15) is 6.04 Å². The molecule has 0 aromatic carbocycles. The van der Waals surface area contributed by atoms with Crippen LogP contribution >= 0.6 is 0 Å². The standard InChI is InChI=1S/C14H26N4O/c1-5-8-15-9-13-10-16-11-18(13)12(4)14(19)17(6-2)7-3/h10-12,15H,5-9H2,1-4H3. The average Bonchev–Trinajstić information content (AvgIpc) is 2.88. The van der Waals surface area contributed by atoms with E-state index in [0.717, 1.165) is 38.3 Å². The summed E-state index contributed by atoms with van der Waals surface area (Å²) >= 11 is 0. The molecule has 5 heteroatoms. The Kier molecular flexibility index (Phi) is 6.56. The average molecular weight is 266 g/mol. The number of imidazole rings is 1. The maximum Gasteiger partial charge on any atom is 0.245 e.